The van der Waals surface area contributed by atoms with Gasteiger partial charge in [0.15, 0.2) is 0 Å². The minimum atomic E-state index is -0.0397. The van der Waals surface area contributed by atoms with Crippen LogP contribution in [0.15, 0.2) is 4.47 Å². The van der Waals surface area contributed by atoms with Crippen LogP contribution in [0, 0.1) is 13.8 Å². The second kappa shape index (κ2) is 5.55. The first-order chi connectivity index (χ1) is 7.06. The van der Waals surface area contributed by atoms with Crippen LogP contribution in [0.1, 0.15) is 11.4 Å². The molecule has 0 radical (unpaired) electrons. The van der Waals surface area contributed by atoms with E-state index in [4.69, 9.17) is 0 Å². The van der Waals surface area contributed by atoms with Gasteiger partial charge in [-0.3, -0.25) is 9.48 Å². The highest BCUT2D eigenvalue weighted by molar-refractivity contribution is 9.10. The van der Waals surface area contributed by atoms with Crippen LogP contribution in [-0.2, 0) is 11.3 Å². The molecule has 84 valence electrons. The van der Waals surface area contributed by atoms with Gasteiger partial charge in [-0.1, -0.05) is 0 Å². The SMILES string of the molecule is Cc1nn(CC(=O)NCCS)c(C)c1Br. The Morgan fingerprint density at radius 1 is 1.60 bits per heavy atom. The van der Waals surface area contributed by atoms with E-state index in [0.29, 0.717) is 12.3 Å². The molecule has 1 rings (SSSR count). The summed E-state index contributed by atoms with van der Waals surface area (Å²) in [6.45, 7) is 4.67. The summed E-state index contributed by atoms with van der Waals surface area (Å²) in [4.78, 5) is 11.4. The van der Waals surface area contributed by atoms with Crippen molar-refractivity contribution in [1.82, 2.24) is 15.1 Å². The quantitative estimate of drug-likeness (QED) is 0.822. The van der Waals surface area contributed by atoms with Gasteiger partial charge in [-0.2, -0.15) is 17.7 Å². The largest absolute Gasteiger partial charge is 0.354 e. The number of hydrogen-bond acceptors (Lipinski definition) is 3. The Morgan fingerprint density at radius 3 is 2.73 bits per heavy atom. The molecular weight excluding hydrogens is 278 g/mol. The van der Waals surface area contributed by atoms with Crippen LogP contribution in [-0.4, -0.2) is 28.0 Å². The number of rotatable bonds is 4. The maximum atomic E-state index is 11.4. The van der Waals surface area contributed by atoms with Gasteiger partial charge >= 0.3 is 0 Å². The molecule has 0 unspecified atom stereocenters. The lowest BCUT2D eigenvalue weighted by Gasteiger charge is -2.05. The molecule has 0 aromatic carbocycles. The van der Waals surface area contributed by atoms with Crippen molar-refractivity contribution in [1.29, 1.82) is 0 Å². The summed E-state index contributed by atoms with van der Waals surface area (Å²) >= 11 is 7.43. The fourth-order valence-electron chi connectivity index (χ4n) is 1.22. The Balaban J connectivity index is 2.64. The lowest BCUT2D eigenvalue weighted by Crippen LogP contribution is -2.29. The van der Waals surface area contributed by atoms with Crippen LogP contribution in [0.5, 0.6) is 0 Å². The highest BCUT2D eigenvalue weighted by Gasteiger charge is 2.10. The van der Waals surface area contributed by atoms with Gasteiger partial charge in [0.05, 0.1) is 15.9 Å². The standard InChI is InChI=1S/C9H14BrN3OS/c1-6-9(10)7(2)13(12-6)5-8(14)11-3-4-15/h15H,3-5H2,1-2H3,(H,11,14). The van der Waals surface area contributed by atoms with Crippen LogP contribution in [0.25, 0.3) is 0 Å². The van der Waals surface area contributed by atoms with Crippen molar-refractivity contribution >= 4 is 34.5 Å². The Kier molecular flexibility index (Phi) is 4.66. The van der Waals surface area contributed by atoms with Gasteiger partial charge in [0.2, 0.25) is 5.91 Å². The molecule has 4 nitrogen and oxygen atoms in total. The second-order valence-corrected chi connectivity index (χ2v) is 4.46. The number of halogens is 1. The highest BCUT2D eigenvalue weighted by Crippen LogP contribution is 2.19. The summed E-state index contributed by atoms with van der Waals surface area (Å²) in [5.74, 6) is 0.606. The van der Waals surface area contributed by atoms with Crippen molar-refractivity contribution in [3.8, 4) is 0 Å². The van der Waals surface area contributed by atoms with E-state index < -0.39 is 0 Å². The normalized spacial score (nSPS) is 10.4. The van der Waals surface area contributed by atoms with Crippen molar-refractivity contribution in [3.05, 3.63) is 15.9 Å². The summed E-state index contributed by atoms with van der Waals surface area (Å²) < 4.78 is 2.65. The van der Waals surface area contributed by atoms with Crippen LogP contribution in [0.3, 0.4) is 0 Å². The van der Waals surface area contributed by atoms with Crippen molar-refractivity contribution in [2.75, 3.05) is 12.3 Å². The Hall–Kier alpha value is -0.490. The predicted octanol–water partition coefficient (Wildman–Crippen LogP) is 1.31. The van der Waals surface area contributed by atoms with Gasteiger partial charge in [-0.15, -0.1) is 0 Å². The molecule has 1 heterocycles. The number of nitrogens with one attached hydrogen (secondary N) is 1. The number of amides is 1. The summed E-state index contributed by atoms with van der Waals surface area (Å²) in [6.07, 6.45) is 0. The first-order valence-corrected chi connectivity index (χ1v) is 6.06. The fraction of sp³-hybridized carbons (Fsp3) is 0.556. The van der Waals surface area contributed by atoms with Gasteiger partial charge in [0, 0.05) is 12.3 Å². The third-order valence-corrected chi connectivity index (χ3v) is 3.39. The molecular formula is C9H14BrN3OS. The van der Waals surface area contributed by atoms with E-state index in [1.807, 2.05) is 13.8 Å². The molecule has 0 aliphatic heterocycles. The molecule has 0 aliphatic rings. The summed E-state index contributed by atoms with van der Waals surface area (Å²) in [7, 11) is 0. The molecule has 0 saturated carbocycles. The average molecular weight is 292 g/mol. The molecule has 1 amide bonds. The van der Waals surface area contributed by atoms with Gasteiger partial charge in [-0.25, -0.2) is 0 Å². The summed E-state index contributed by atoms with van der Waals surface area (Å²) in [6, 6.07) is 0. The smallest absolute Gasteiger partial charge is 0.241 e. The van der Waals surface area contributed by atoms with Gasteiger partial charge in [0.25, 0.3) is 0 Å². The lowest BCUT2D eigenvalue weighted by molar-refractivity contribution is -0.121. The molecule has 0 atom stereocenters. The Morgan fingerprint density at radius 2 is 2.27 bits per heavy atom. The lowest BCUT2D eigenvalue weighted by atomic mass is 10.4. The zero-order valence-electron chi connectivity index (χ0n) is 8.75. The first-order valence-electron chi connectivity index (χ1n) is 4.63. The molecule has 6 heteroatoms. The molecule has 0 fully saturated rings. The van der Waals surface area contributed by atoms with Gasteiger partial charge in [0.1, 0.15) is 6.54 Å². The Labute approximate surface area is 103 Å². The van der Waals surface area contributed by atoms with Crippen molar-refractivity contribution in [2.24, 2.45) is 0 Å². The fourth-order valence-corrected chi connectivity index (χ4v) is 1.61. The zero-order valence-corrected chi connectivity index (χ0v) is 11.2. The Bertz CT molecular complexity index is 364. The molecule has 0 aliphatic carbocycles. The number of carbonyl (C=O) groups excluding carboxylic acids is 1. The average Bonchev–Trinajstić information content (AvgIpc) is 2.43. The first kappa shape index (κ1) is 12.6. The van der Waals surface area contributed by atoms with Crippen molar-refractivity contribution < 1.29 is 4.79 Å². The van der Waals surface area contributed by atoms with Gasteiger partial charge in [-0.05, 0) is 29.8 Å². The molecule has 1 aromatic rings. The summed E-state index contributed by atoms with van der Waals surface area (Å²) in [5.41, 5.74) is 1.86. The predicted molar refractivity (Wildman–Crippen MR) is 66.3 cm³/mol. The zero-order chi connectivity index (χ0) is 11.4. The van der Waals surface area contributed by atoms with Crippen LogP contribution < -0.4 is 5.32 Å². The summed E-state index contributed by atoms with van der Waals surface area (Å²) in [5, 5.41) is 6.99. The number of aromatic nitrogens is 2. The topological polar surface area (TPSA) is 46.9 Å². The van der Waals surface area contributed by atoms with E-state index in [9.17, 15) is 4.79 Å². The van der Waals surface area contributed by atoms with E-state index in [-0.39, 0.29) is 12.5 Å². The minimum Gasteiger partial charge on any atom is -0.354 e. The van der Waals surface area contributed by atoms with Gasteiger partial charge < -0.3 is 5.32 Å². The van der Waals surface area contributed by atoms with E-state index >= 15 is 0 Å². The number of thiol groups is 1. The number of hydrogen-bond donors (Lipinski definition) is 2. The number of nitrogens with zero attached hydrogens (tertiary/aromatic N) is 2. The molecule has 0 spiro atoms. The monoisotopic (exact) mass is 291 g/mol. The molecule has 15 heavy (non-hydrogen) atoms. The van der Waals surface area contributed by atoms with Crippen LogP contribution in [0.4, 0.5) is 0 Å². The molecule has 1 aromatic heterocycles. The molecule has 0 saturated heterocycles. The van der Waals surface area contributed by atoms with Crippen LogP contribution in [0.2, 0.25) is 0 Å². The minimum absolute atomic E-state index is 0.0397. The maximum absolute atomic E-state index is 11.4. The highest BCUT2D eigenvalue weighted by atomic mass is 79.9. The molecule has 1 N–H and O–H groups in total. The van der Waals surface area contributed by atoms with E-state index in [0.717, 1.165) is 15.9 Å². The molecule has 0 bridgehead atoms. The number of aryl methyl sites for hydroxylation is 1. The second-order valence-electron chi connectivity index (χ2n) is 3.22. The van der Waals surface area contributed by atoms with Crippen molar-refractivity contribution in [2.45, 2.75) is 20.4 Å². The third kappa shape index (κ3) is 3.24. The van der Waals surface area contributed by atoms with Crippen molar-refractivity contribution in [3.63, 3.8) is 0 Å². The van der Waals surface area contributed by atoms with E-state index in [1.54, 1.807) is 4.68 Å². The van der Waals surface area contributed by atoms with E-state index in [2.05, 4.69) is 39.0 Å². The third-order valence-electron chi connectivity index (χ3n) is 2.02. The number of carbonyl (C=O) groups is 1. The maximum Gasteiger partial charge on any atom is 0.241 e. The van der Waals surface area contributed by atoms with E-state index in [1.165, 1.54) is 0 Å². The van der Waals surface area contributed by atoms with Crippen LogP contribution >= 0.6 is 28.6 Å².